The molecule has 0 spiro atoms. The summed E-state index contributed by atoms with van der Waals surface area (Å²) in [6, 6.07) is 0. The van der Waals surface area contributed by atoms with Crippen molar-refractivity contribution in [1.29, 1.82) is 0 Å². The lowest BCUT2D eigenvalue weighted by atomic mass is 9.89. The molecule has 0 aliphatic rings. The second kappa shape index (κ2) is 19.0. The third kappa shape index (κ3) is 57.2. The third-order valence-electron chi connectivity index (χ3n) is 1.77. The molecular formula is C17H40O. The predicted octanol–water partition coefficient (Wildman–Crippen LogP) is 6.48. The first-order chi connectivity index (χ1) is 8.19. The standard InChI is InChI=1S/C9H18.C4H10O.2C2H6/c1-8(2)6-7-9(3,4)5;1-4(2)5-3;2*1-2/h1,6-7H2,2-5H3;4H,1-3H3;2*1-2H3. The number of hydrogen-bond acceptors (Lipinski definition) is 1. The Kier molecular flexibility index (Phi) is 27.8. The van der Waals surface area contributed by atoms with E-state index in [0.29, 0.717) is 11.5 Å². The van der Waals surface area contributed by atoms with Crippen LogP contribution >= 0.6 is 0 Å². The molecule has 0 saturated carbocycles. The predicted molar refractivity (Wildman–Crippen MR) is 88.3 cm³/mol. The van der Waals surface area contributed by atoms with Gasteiger partial charge in [-0.3, -0.25) is 0 Å². The zero-order valence-electron chi connectivity index (χ0n) is 15.1. The molecule has 0 fully saturated rings. The van der Waals surface area contributed by atoms with Gasteiger partial charge < -0.3 is 4.74 Å². The SMILES string of the molecule is C=C(C)CCC(C)(C)C.CC.CC.COC(C)C. The summed E-state index contributed by atoms with van der Waals surface area (Å²) in [4.78, 5) is 0. The Hall–Kier alpha value is -0.300. The van der Waals surface area contributed by atoms with Gasteiger partial charge in [0.25, 0.3) is 0 Å². The Balaban J connectivity index is -0.0000000925. The first-order valence-corrected chi connectivity index (χ1v) is 7.36. The first kappa shape index (κ1) is 26.3. The molecular weight excluding hydrogens is 220 g/mol. The molecule has 0 atom stereocenters. The second-order valence-corrected chi connectivity index (χ2v) is 5.30. The van der Waals surface area contributed by atoms with Gasteiger partial charge in [0.15, 0.2) is 0 Å². The minimum absolute atomic E-state index is 0.384. The Morgan fingerprint density at radius 1 is 1.06 bits per heavy atom. The molecule has 0 aromatic carbocycles. The van der Waals surface area contributed by atoms with Crippen LogP contribution in [0.3, 0.4) is 0 Å². The van der Waals surface area contributed by atoms with Gasteiger partial charge in [-0.2, -0.15) is 0 Å². The fourth-order valence-electron chi connectivity index (χ4n) is 0.588. The molecule has 114 valence electrons. The molecule has 0 aromatic rings. The average molecular weight is 261 g/mol. The lowest BCUT2D eigenvalue weighted by Crippen LogP contribution is -2.03. The highest BCUT2D eigenvalue weighted by molar-refractivity contribution is 4.88. The molecule has 0 radical (unpaired) electrons. The molecule has 18 heavy (non-hydrogen) atoms. The molecule has 1 heteroatoms. The first-order valence-electron chi connectivity index (χ1n) is 7.36. The molecule has 1 nitrogen and oxygen atoms in total. The molecule has 0 saturated heterocycles. The van der Waals surface area contributed by atoms with Crippen LogP contribution < -0.4 is 0 Å². The van der Waals surface area contributed by atoms with Crippen molar-refractivity contribution in [2.75, 3.05) is 7.11 Å². The molecule has 0 heterocycles. The van der Waals surface area contributed by atoms with Crippen LogP contribution in [0.1, 0.15) is 82.1 Å². The molecule has 0 N–H and O–H groups in total. The van der Waals surface area contributed by atoms with E-state index in [-0.39, 0.29) is 0 Å². The Labute approximate surface area is 118 Å². The van der Waals surface area contributed by atoms with E-state index in [1.54, 1.807) is 7.11 Å². The van der Waals surface area contributed by atoms with Crippen molar-refractivity contribution in [2.45, 2.75) is 88.2 Å². The van der Waals surface area contributed by atoms with Crippen LogP contribution in [0.15, 0.2) is 12.2 Å². The lowest BCUT2D eigenvalue weighted by molar-refractivity contribution is 0.134. The monoisotopic (exact) mass is 260 g/mol. The van der Waals surface area contributed by atoms with Gasteiger partial charge in [0, 0.05) is 7.11 Å². The van der Waals surface area contributed by atoms with Crippen molar-refractivity contribution in [3.8, 4) is 0 Å². The van der Waals surface area contributed by atoms with Crippen LogP contribution in [-0.4, -0.2) is 13.2 Å². The highest BCUT2D eigenvalue weighted by Crippen LogP contribution is 2.22. The quantitative estimate of drug-likeness (QED) is 0.527. The van der Waals surface area contributed by atoms with E-state index in [2.05, 4.69) is 34.3 Å². The van der Waals surface area contributed by atoms with Crippen molar-refractivity contribution >= 4 is 0 Å². The summed E-state index contributed by atoms with van der Waals surface area (Å²) in [5, 5.41) is 0. The number of allylic oxidation sites excluding steroid dienone is 1. The van der Waals surface area contributed by atoms with E-state index in [1.165, 1.54) is 18.4 Å². The highest BCUT2D eigenvalue weighted by Gasteiger charge is 2.08. The van der Waals surface area contributed by atoms with Crippen molar-refractivity contribution in [3.05, 3.63) is 12.2 Å². The van der Waals surface area contributed by atoms with Gasteiger partial charge in [-0.25, -0.2) is 0 Å². The smallest absolute Gasteiger partial charge is 0.0515 e. The van der Waals surface area contributed by atoms with E-state index in [9.17, 15) is 0 Å². The topological polar surface area (TPSA) is 9.23 Å². The second-order valence-electron chi connectivity index (χ2n) is 5.30. The molecule has 0 aromatic heterocycles. The van der Waals surface area contributed by atoms with Crippen LogP contribution in [-0.2, 0) is 4.74 Å². The highest BCUT2D eigenvalue weighted by atomic mass is 16.5. The zero-order valence-corrected chi connectivity index (χ0v) is 15.1. The summed E-state index contributed by atoms with van der Waals surface area (Å²) in [5.41, 5.74) is 1.77. The summed E-state index contributed by atoms with van der Waals surface area (Å²) in [5.74, 6) is 0. The van der Waals surface area contributed by atoms with E-state index in [0.717, 1.165) is 0 Å². The fraction of sp³-hybridized carbons (Fsp3) is 0.882. The summed E-state index contributed by atoms with van der Waals surface area (Å²) >= 11 is 0. The van der Waals surface area contributed by atoms with Crippen molar-refractivity contribution in [1.82, 2.24) is 0 Å². The van der Waals surface area contributed by atoms with Crippen LogP contribution in [0.4, 0.5) is 0 Å². The molecule has 0 aliphatic carbocycles. The van der Waals surface area contributed by atoms with Crippen LogP contribution in [0, 0.1) is 5.41 Å². The van der Waals surface area contributed by atoms with E-state index >= 15 is 0 Å². The van der Waals surface area contributed by atoms with E-state index in [4.69, 9.17) is 4.74 Å². The van der Waals surface area contributed by atoms with Crippen LogP contribution in [0.25, 0.3) is 0 Å². The van der Waals surface area contributed by atoms with Gasteiger partial charge in [-0.1, -0.05) is 54.0 Å². The maximum absolute atomic E-state index is 4.75. The normalized spacial score (nSPS) is 9.11. The lowest BCUT2D eigenvalue weighted by Gasteiger charge is -2.17. The van der Waals surface area contributed by atoms with Crippen molar-refractivity contribution in [2.24, 2.45) is 5.41 Å². The number of methoxy groups -OCH3 is 1. The van der Waals surface area contributed by atoms with Gasteiger partial charge in [-0.15, -0.1) is 6.58 Å². The molecule has 0 unspecified atom stereocenters. The summed E-state index contributed by atoms with van der Waals surface area (Å²) in [6.45, 7) is 24.7. The minimum atomic E-state index is 0.384. The van der Waals surface area contributed by atoms with Gasteiger partial charge in [0.05, 0.1) is 6.10 Å². The van der Waals surface area contributed by atoms with Crippen LogP contribution in [0.2, 0.25) is 0 Å². The number of ether oxygens (including phenoxy) is 1. The molecule has 0 aliphatic heterocycles. The van der Waals surface area contributed by atoms with Gasteiger partial charge in [0.2, 0.25) is 0 Å². The fourth-order valence-corrected chi connectivity index (χ4v) is 0.588. The third-order valence-corrected chi connectivity index (χ3v) is 1.77. The minimum Gasteiger partial charge on any atom is -0.382 e. The molecule has 0 bridgehead atoms. The maximum Gasteiger partial charge on any atom is 0.0515 e. The van der Waals surface area contributed by atoms with Crippen molar-refractivity contribution in [3.63, 3.8) is 0 Å². The summed E-state index contributed by atoms with van der Waals surface area (Å²) in [7, 11) is 1.70. The largest absolute Gasteiger partial charge is 0.382 e. The summed E-state index contributed by atoms with van der Waals surface area (Å²) < 4.78 is 4.75. The molecule has 0 rings (SSSR count). The average Bonchev–Trinajstić information content (AvgIpc) is 2.31. The zero-order chi connectivity index (χ0) is 15.8. The van der Waals surface area contributed by atoms with Gasteiger partial charge in [-0.05, 0) is 39.0 Å². The Morgan fingerprint density at radius 2 is 1.33 bits per heavy atom. The van der Waals surface area contributed by atoms with Crippen molar-refractivity contribution < 1.29 is 4.74 Å². The van der Waals surface area contributed by atoms with Gasteiger partial charge in [0.1, 0.15) is 0 Å². The Bertz CT molecular complexity index is 140. The molecule has 0 amide bonds. The van der Waals surface area contributed by atoms with Crippen LogP contribution in [0.5, 0.6) is 0 Å². The number of hydrogen-bond donors (Lipinski definition) is 0. The van der Waals surface area contributed by atoms with Gasteiger partial charge >= 0.3 is 0 Å². The van der Waals surface area contributed by atoms with E-state index < -0.39 is 0 Å². The summed E-state index contributed by atoms with van der Waals surface area (Å²) in [6.07, 6.45) is 2.81. The Morgan fingerprint density at radius 3 is 1.39 bits per heavy atom. The van der Waals surface area contributed by atoms with E-state index in [1.807, 2.05) is 41.5 Å². The number of rotatable bonds is 3. The maximum atomic E-state index is 4.75.